The average Bonchev–Trinajstić information content (AvgIpc) is 2.88. The van der Waals surface area contributed by atoms with E-state index in [1.807, 2.05) is 35.0 Å². The van der Waals surface area contributed by atoms with Crippen molar-refractivity contribution in [3.63, 3.8) is 0 Å². The van der Waals surface area contributed by atoms with E-state index in [1.165, 1.54) is 0 Å². The van der Waals surface area contributed by atoms with Gasteiger partial charge in [0.1, 0.15) is 11.6 Å². The molecule has 0 amide bonds. The number of nitriles is 1. The zero-order valence-electron chi connectivity index (χ0n) is 11.6. The van der Waals surface area contributed by atoms with E-state index in [-0.39, 0.29) is 5.60 Å². The molecule has 0 saturated carbocycles. The van der Waals surface area contributed by atoms with Crippen LogP contribution in [0.3, 0.4) is 0 Å². The fourth-order valence-electron chi connectivity index (χ4n) is 2.52. The number of ether oxygens (including phenoxy) is 1. The van der Waals surface area contributed by atoms with Gasteiger partial charge in [0, 0.05) is 7.11 Å². The summed E-state index contributed by atoms with van der Waals surface area (Å²) in [5.41, 5.74) is 1.40. The van der Waals surface area contributed by atoms with Crippen LogP contribution in [0.5, 0.6) is 0 Å². The van der Waals surface area contributed by atoms with Crippen molar-refractivity contribution >= 4 is 5.82 Å². The van der Waals surface area contributed by atoms with E-state index in [1.54, 1.807) is 13.3 Å². The molecule has 0 atom stereocenters. The predicted molar refractivity (Wildman–Crippen MR) is 75.9 cm³/mol. The third-order valence-corrected chi connectivity index (χ3v) is 3.71. The molecule has 0 aliphatic carbocycles. The van der Waals surface area contributed by atoms with Crippen molar-refractivity contribution in [1.82, 2.24) is 9.78 Å². The predicted octanol–water partition coefficient (Wildman–Crippen LogP) is 1.97. The fraction of sp³-hybridized carbons (Fsp3) is 0.333. The molecular formula is C15H16N4O. The van der Waals surface area contributed by atoms with Crippen LogP contribution in [0, 0.1) is 11.3 Å². The third-order valence-electron chi connectivity index (χ3n) is 3.71. The Balaban J connectivity index is 1.99. The Labute approximate surface area is 118 Å². The summed E-state index contributed by atoms with van der Waals surface area (Å²) in [4.78, 5) is 2.13. The van der Waals surface area contributed by atoms with Crippen molar-refractivity contribution < 1.29 is 4.74 Å². The number of benzene rings is 1. The Hall–Kier alpha value is -2.32. The van der Waals surface area contributed by atoms with Gasteiger partial charge in [-0.1, -0.05) is 18.2 Å². The van der Waals surface area contributed by atoms with E-state index in [0.717, 1.165) is 24.6 Å². The van der Waals surface area contributed by atoms with Crippen LogP contribution in [0.25, 0.3) is 5.69 Å². The Morgan fingerprint density at radius 2 is 2.00 bits per heavy atom. The number of aromatic nitrogens is 2. The molecule has 1 aliphatic heterocycles. The molecule has 2 aromatic rings. The Bertz CT molecular complexity index is 650. The molecule has 0 spiro atoms. The van der Waals surface area contributed by atoms with Gasteiger partial charge in [-0.15, -0.1) is 0 Å². The van der Waals surface area contributed by atoms with Crippen LogP contribution in [-0.4, -0.2) is 35.6 Å². The van der Waals surface area contributed by atoms with Crippen LogP contribution < -0.4 is 4.90 Å². The van der Waals surface area contributed by atoms with Crippen molar-refractivity contribution in [3.8, 4) is 11.8 Å². The minimum absolute atomic E-state index is 0.140. The van der Waals surface area contributed by atoms with E-state index in [4.69, 9.17) is 4.74 Å². The maximum Gasteiger partial charge on any atom is 0.150 e. The van der Waals surface area contributed by atoms with Gasteiger partial charge < -0.3 is 9.64 Å². The number of anilines is 1. The molecular weight excluding hydrogens is 252 g/mol. The summed E-state index contributed by atoms with van der Waals surface area (Å²) in [5.74, 6) is 0.841. The number of nitrogens with zero attached hydrogens (tertiary/aromatic N) is 4. The SMILES string of the molecule is COC1(C)CN(c2c(C#N)cnn2-c2ccccc2)C1. The van der Waals surface area contributed by atoms with E-state index >= 15 is 0 Å². The molecule has 1 aromatic carbocycles. The minimum Gasteiger partial charge on any atom is -0.375 e. The maximum absolute atomic E-state index is 9.27. The van der Waals surface area contributed by atoms with Crippen molar-refractivity contribution in [2.24, 2.45) is 0 Å². The topological polar surface area (TPSA) is 54.1 Å². The summed E-state index contributed by atoms with van der Waals surface area (Å²) in [6.45, 7) is 3.59. The van der Waals surface area contributed by atoms with Crippen molar-refractivity contribution in [2.75, 3.05) is 25.1 Å². The molecule has 20 heavy (non-hydrogen) atoms. The van der Waals surface area contributed by atoms with Crippen molar-refractivity contribution in [2.45, 2.75) is 12.5 Å². The highest BCUT2D eigenvalue weighted by Gasteiger charge is 2.41. The highest BCUT2D eigenvalue weighted by atomic mass is 16.5. The lowest BCUT2D eigenvalue weighted by atomic mass is 9.96. The quantitative estimate of drug-likeness (QED) is 0.854. The first-order valence-electron chi connectivity index (χ1n) is 6.50. The second-order valence-electron chi connectivity index (χ2n) is 5.25. The molecule has 0 unspecified atom stereocenters. The lowest BCUT2D eigenvalue weighted by Gasteiger charge is -2.47. The minimum atomic E-state index is -0.140. The van der Waals surface area contributed by atoms with Crippen LogP contribution >= 0.6 is 0 Å². The third kappa shape index (κ3) is 1.95. The van der Waals surface area contributed by atoms with E-state index in [9.17, 15) is 5.26 Å². The molecule has 1 fully saturated rings. The zero-order valence-corrected chi connectivity index (χ0v) is 11.6. The number of rotatable bonds is 3. The first-order chi connectivity index (χ1) is 9.67. The van der Waals surface area contributed by atoms with Crippen molar-refractivity contribution in [1.29, 1.82) is 5.26 Å². The van der Waals surface area contributed by atoms with Gasteiger partial charge in [0.05, 0.1) is 30.6 Å². The molecule has 1 aromatic heterocycles. The van der Waals surface area contributed by atoms with Gasteiger partial charge in [0.25, 0.3) is 0 Å². The van der Waals surface area contributed by atoms with Gasteiger partial charge in [-0.25, -0.2) is 4.68 Å². The highest BCUT2D eigenvalue weighted by Crippen LogP contribution is 2.33. The summed E-state index contributed by atoms with van der Waals surface area (Å²) in [5, 5.41) is 13.6. The summed E-state index contributed by atoms with van der Waals surface area (Å²) in [7, 11) is 1.72. The molecule has 1 aliphatic rings. The van der Waals surface area contributed by atoms with Gasteiger partial charge in [-0.3, -0.25) is 0 Å². The monoisotopic (exact) mass is 268 g/mol. The summed E-state index contributed by atoms with van der Waals surface area (Å²) >= 11 is 0. The molecule has 0 N–H and O–H groups in total. The van der Waals surface area contributed by atoms with Gasteiger partial charge in [-0.2, -0.15) is 10.4 Å². The second-order valence-corrected chi connectivity index (χ2v) is 5.25. The largest absolute Gasteiger partial charge is 0.375 e. The Morgan fingerprint density at radius 1 is 1.30 bits per heavy atom. The Morgan fingerprint density at radius 3 is 2.60 bits per heavy atom. The number of para-hydroxylation sites is 1. The molecule has 1 saturated heterocycles. The van der Waals surface area contributed by atoms with Crippen molar-refractivity contribution in [3.05, 3.63) is 42.1 Å². The number of hydrogen-bond acceptors (Lipinski definition) is 4. The molecule has 0 bridgehead atoms. The Kier molecular flexibility index (Phi) is 2.96. The zero-order chi connectivity index (χ0) is 14.2. The lowest BCUT2D eigenvalue weighted by Crippen LogP contribution is -2.61. The maximum atomic E-state index is 9.27. The second kappa shape index (κ2) is 4.66. The van der Waals surface area contributed by atoms with Gasteiger partial charge in [0.2, 0.25) is 0 Å². The van der Waals surface area contributed by atoms with Gasteiger partial charge in [-0.05, 0) is 19.1 Å². The van der Waals surface area contributed by atoms with E-state index in [2.05, 4.69) is 23.0 Å². The molecule has 3 rings (SSSR count). The molecule has 102 valence electrons. The molecule has 0 radical (unpaired) electrons. The average molecular weight is 268 g/mol. The summed E-state index contributed by atoms with van der Waals surface area (Å²) < 4.78 is 7.28. The van der Waals surface area contributed by atoms with Crippen LogP contribution in [-0.2, 0) is 4.74 Å². The van der Waals surface area contributed by atoms with Gasteiger partial charge in [0.15, 0.2) is 5.82 Å². The lowest BCUT2D eigenvalue weighted by molar-refractivity contribution is -0.0173. The van der Waals surface area contributed by atoms with Gasteiger partial charge >= 0.3 is 0 Å². The summed E-state index contributed by atoms with van der Waals surface area (Å²) in [6, 6.07) is 12.1. The molecule has 5 nitrogen and oxygen atoms in total. The number of methoxy groups -OCH3 is 1. The first-order valence-corrected chi connectivity index (χ1v) is 6.50. The first kappa shape index (κ1) is 12.7. The highest BCUT2D eigenvalue weighted by molar-refractivity contribution is 5.60. The number of hydrogen-bond donors (Lipinski definition) is 0. The molecule has 2 heterocycles. The van der Waals surface area contributed by atoms with Crippen LogP contribution in [0.4, 0.5) is 5.82 Å². The van der Waals surface area contributed by atoms with Crippen LogP contribution in [0.15, 0.2) is 36.5 Å². The summed E-state index contributed by atoms with van der Waals surface area (Å²) in [6.07, 6.45) is 1.62. The van der Waals surface area contributed by atoms with Crippen LogP contribution in [0.2, 0.25) is 0 Å². The normalized spacial score (nSPS) is 16.6. The fourth-order valence-corrected chi connectivity index (χ4v) is 2.52. The smallest absolute Gasteiger partial charge is 0.150 e. The van der Waals surface area contributed by atoms with E-state index in [0.29, 0.717) is 5.56 Å². The van der Waals surface area contributed by atoms with Crippen LogP contribution in [0.1, 0.15) is 12.5 Å². The standard InChI is InChI=1S/C15H16N4O/c1-15(20-2)10-18(11-15)14-12(8-16)9-17-19(14)13-6-4-3-5-7-13/h3-7,9H,10-11H2,1-2H3. The van der Waals surface area contributed by atoms with E-state index < -0.39 is 0 Å². The molecule has 5 heteroatoms.